The van der Waals surface area contributed by atoms with Crippen molar-refractivity contribution in [1.82, 2.24) is 4.98 Å². The zero-order valence-corrected chi connectivity index (χ0v) is 15.0. The molecule has 3 rings (SSSR count). The van der Waals surface area contributed by atoms with Crippen LogP contribution in [-0.2, 0) is 14.6 Å². The number of hydrogen-bond acceptors (Lipinski definition) is 5. The number of thiazole rings is 1. The maximum atomic E-state index is 12.9. The van der Waals surface area contributed by atoms with Gasteiger partial charge in [0.05, 0.1) is 25.9 Å². The summed E-state index contributed by atoms with van der Waals surface area (Å²) in [6, 6.07) is 9.93. The van der Waals surface area contributed by atoms with Crippen LogP contribution in [0.3, 0.4) is 0 Å². The van der Waals surface area contributed by atoms with Gasteiger partial charge in [-0.2, -0.15) is 0 Å². The molecule has 1 N–H and O–H groups in total. The number of halogens is 1. The highest BCUT2D eigenvalue weighted by Crippen LogP contribution is 2.24. The van der Waals surface area contributed by atoms with Gasteiger partial charge in [0.25, 0.3) is 0 Å². The van der Waals surface area contributed by atoms with Crippen LogP contribution in [0, 0.1) is 12.7 Å². The standard InChI is InChI=1S/C17H15FN2O3S2/c1-11-19-15-10-13(4-7-16(15)24-11)20-17(21)8-9-25(22,23)14-5-2-12(18)3-6-14/h2-7,10H,8-9H2,1H3,(H,20,21). The predicted molar refractivity (Wildman–Crippen MR) is 96.1 cm³/mol. The molecule has 1 heterocycles. The van der Waals surface area contributed by atoms with E-state index in [4.69, 9.17) is 0 Å². The number of nitrogens with zero attached hydrogens (tertiary/aromatic N) is 1. The second kappa shape index (κ2) is 6.89. The average Bonchev–Trinajstić information content (AvgIpc) is 2.93. The SMILES string of the molecule is Cc1nc2cc(NC(=O)CCS(=O)(=O)c3ccc(F)cc3)ccc2s1. The normalized spacial score (nSPS) is 11.6. The van der Waals surface area contributed by atoms with Gasteiger partial charge in [0, 0.05) is 12.1 Å². The van der Waals surface area contributed by atoms with Crippen LogP contribution in [0.2, 0.25) is 0 Å². The highest BCUT2D eigenvalue weighted by Gasteiger charge is 2.17. The Morgan fingerprint density at radius 3 is 2.64 bits per heavy atom. The molecule has 0 bridgehead atoms. The summed E-state index contributed by atoms with van der Waals surface area (Å²) in [5.74, 6) is -1.26. The number of amides is 1. The zero-order valence-electron chi connectivity index (χ0n) is 13.3. The maximum Gasteiger partial charge on any atom is 0.225 e. The summed E-state index contributed by atoms with van der Waals surface area (Å²) in [4.78, 5) is 16.4. The van der Waals surface area contributed by atoms with Crippen LogP contribution in [0.5, 0.6) is 0 Å². The molecule has 130 valence electrons. The van der Waals surface area contributed by atoms with Crippen LogP contribution in [0.4, 0.5) is 10.1 Å². The molecule has 0 aliphatic heterocycles. The Morgan fingerprint density at radius 2 is 1.92 bits per heavy atom. The van der Waals surface area contributed by atoms with Crippen LogP contribution < -0.4 is 5.32 Å². The maximum absolute atomic E-state index is 12.9. The fraction of sp³-hybridized carbons (Fsp3) is 0.176. The lowest BCUT2D eigenvalue weighted by atomic mass is 10.3. The molecule has 0 saturated carbocycles. The van der Waals surface area contributed by atoms with Crippen LogP contribution >= 0.6 is 11.3 Å². The van der Waals surface area contributed by atoms with E-state index in [9.17, 15) is 17.6 Å². The molecule has 25 heavy (non-hydrogen) atoms. The molecule has 1 amide bonds. The van der Waals surface area contributed by atoms with E-state index in [1.54, 1.807) is 23.5 Å². The molecule has 5 nitrogen and oxygen atoms in total. The van der Waals surface area contributed by atoms with Crippen molar-refractivity contribution in [3.05, 3.63) is 53.3 Å². The number of aryl methyl sites for hydroxylation is 1. The first-order chi connectivity index (χ1) is 11.8. The highest BCUT2D eigenvalue weighted by molar-refractivity contribution is 7.91. The zero-order chi connectivity index (χ0) is 18.0. The Kier molecular flexibility index (Phi) is 4.82. The van der Waals surface area contributed by atoms with Gasteiger partial charge in [0.2, 0.25) is 5.91 Å². The second-order valence-electron chi connectivity index (χ2n) is 5.49. The third kappa shape index (κ3) is 4.21. The molecule has 8 heteroatoms. The van der Waals surface area contributed by atoms with Crippen LogP contribution in [-0.4, -0.2) is 25.1 Å². The largest absolute Gasteiger partial charge is 0.326 e. The van der Waals surface area contributed by atoms with Gasteiger partial charge in [0.15, 0.2) is 9.84 Å². The molecule has 0 fully saturated rings. The lowest BCUT2D eigenvalue weighted by Gasteiger charge is -2.06. The number of nitrogens with one attached hydrogen (secondary N) is 1. The van der Waals surface area contributed by atoms with E-state index in [0.29, 0.717) is 5.69 Å². The van der Waals surface area contributed by atoms with E-state index in [-0.39, 0.29) is 17.1 Å². The van der Waals surface area contributed by atoms with Crippen LogP contribution in [0.1, 0.15) is 11.4 Å². The summed E-state index contributed by atoms with van der Waals surface area (Å²) in [5.41, 5.74) is 1.36. The first-order valence-corrected chi connectivity index (χ1v) is 9.96. The number of carbonyl (C=O) groups excluding carboxylic acids is 1. The van der Waals surface area contributed by atoms with Gasteiger partial charge < -0.3 is 5.32 Å². The van der Waals surface area contributed by atoms with Gasteiger partial charge in [0.1, 0.15) is 5.82 Å². The van der Waals surface area contributed by atoms with Crippen molar-refractivity contribution < 1.29 is 17.6 Å². The monoisotopic (exact) mass is 378 g/mol. The Labute approximate surface area is 148 Å². The van der Waals surface area contributed by atoms with Gasteiger partial charge in [-0.05, 0) is 49.4 Å². The number of anilines is 1. The Balaban J connectivity index is 1.64. The quantitative estimate of drug-likeness (QED) is 0.689. The molecule has 0 saturated heterocycles. The van der Waals surface area contributed by atoms with Crippen molar-refractivity contribution in [3.63, 3.8) is 0 Å². The number of fused-ring (bicyclic) bond motifs is 1. The van der Waals surface area contributed by atoms with Crippen molar-refractivity contribution >= 4 is 43.0 Å². The molecule has 0 atom stereocenters. The molecule has 0 unspecified atom stereocenters. The summed E-state index contributed by atoms with van der Waals surface area (Å²) < 4.78 is 38.2. The van der Waals surface area contributed by atoms with E-state index in [2.05, 4.69) is 10.3 Å². The van der Waals surface area contributed by atoms with E-state index in [1.165, 1.54) is 12.1 Å². The second-order valence-corrected chi connectivity index (χ2v) is 8.83. The molecule has 0 radical (unpaired) electrons. The molecule has 0 spiro atoms. The Hall–Kier alpha value is -2.32. The number of aromatic nitrogens is 1. The summed E-state index contributed by atoms with van der Waals surface area (Å²) >= 11 is 1.56. The number of rotatable bonds is 5. The van der Waals surface area contributed by atoms with E-state index in [1.807, 2.05) is 13.0 Å². The predicted octanol–water partition coefficient (Wildman–Crippen LogP) is 3.55. The summed E-state index contributed by atoms with van der Waals surface area (Å²) in [7, 11) is -3.63. The summed E-state index contributed by atoms with van der Waals surface area (Å²) in [6.45, 7) is 1.91. The number of sulfone groups is 1. The smallest absolute Gasteiger partial charge is 0.225 e. The third-order valence-corrected chi connectivity index (χ3v) is 6.23. The molecule has 2 aromatic carbocycles. The first-order valence-electron chi connectivity index (χ1n) is 7.49. The van der Waals surface area contributed by atoms with E-state index >= 15 is 0 Å². The van der Waals surface area contributed by atoms with Crippen molar-refractivity contribution in [2.24, 2.45) is 0 Å². The third-order valence-electron chi connectivity index (χ3n) is 3.55. The van der Waals surface area contributed by atoms with Gasteiger partial charge in [-0.15, -0.1) is 11.3 Å². The fourth-order valence-electron chi connectivity index (χ4n) is 2.33. The highest BCUT2D eigenvalue weighted by atomic mass is 32.2. The van der Waals surface area contributed by atoms with Crippen molar-refractivity contribution in [1.29, 1.82) is 0 Å². The molecular weight excluding hydrogens is 363 g/mol. The Bertz CT molecular complexity index is 1030. The van der Waals surface area contributed by atoms with Crippen molar-refractivity contribution in [3.8, 4) is 0 Å². The van der Waals surface area contributed by atoms with Gasteiger partial charge >= 0.3 is 0 Å². The van der Waals surface area contributed by atoms with Crippen molar-refractivity contribution in [2.75, 3.05) is 11.1 Å². The topological polar surface area (TPSA) is 76.1 Å². The molecular formula is C17H15FN2O3S2. The molecule has 3 aromatic rings. The van der Waals surface area contributed by atoms with Gasteiger partial charge in [-0.3, -0.25) is 4.79 Å². The van der Waals surface area contributed by atoms with E-state index < -0.39 is 21.6 Å². The summed E-state index contributed by atoms with van der Waals surface area (Å²) in [6.07, 6.45) is -0.187. The first kappa shape index (κ1) is 17.5. The van der Waals surface area contributed by atoms with Gasteiger partial charge in [-0.25, -0.2) is 17.8 Å². The number of hydrogen-bond donors (Lipinski definition) is 1. The fourth-order valence-corrected chi connectivity index (χ4v) is 4.38. The van der Waals surface area contributed by atoms with E-state index in [0.717, 1.165) is 27.4 Å². The van der Waals surface area contributed by atoms with Crippen molar-refractivity contribution in [2.45, 2.75) is 18.2 Å². The lowest BCUT2D eigenvalue weighted by Crippen LogP contribution is -2.17. The lowest BCUT2D eigenvalue weighted by molar-refractivity contribution is -0.115. The minimum absolute atomic E-state index is 0.000989. The molecule has 0 aliphatic rings. The molecule has 0 aliphatic carbocycles. The minimum atomic E-state index is -3.63. The average molecular weight is 378 g/mol. The van der Waals surface area contributed by atoms with Crippen LogP contribution in [0.25, 0.3) is 10.2 Å². The summed E-state index contributed by atoms with van der Waals surface area (Å²) in [5, 5.41) is 3.61. The van der Waals surface area contributed by atoms with Gasteiger partial charge in [-0.1, -0.05) is 0 Å². The Morgan fingerprint density at radius 1 is 1.20 bits per heavy atom. The minimum Gasteiger partial charge on any atom is -0.326 e. The van der Waals surface area contributed by atoms with Crippen LogP contribution in [0.15, 0.2) is 47.4 Å². The number of benzene rings is 2. The molecule has 1 aromatic heterocycles. The number of carbonyl (C=O) groups is 1.